The van der Waals surface area contributed by atoms with Gasteiger partial charge in [0.05, 0.1) is 6.61 Å². The predicted molar refractivity (Wildman–Crippen MR) is 84.8 cm³/mol. The smallest absolute Gasteiger partial charge is 0.119 e. The molecule has 0 unspecified atom stereocenters. The van der Waals surface area contributed by atoms with Crippen molar-refractivity contribution in [3.63, 3.8) is 0 Å². The first-order valence-electron chi connectivity index (χ1n) is 7.73. The Bertz CT molecular complexity index is 435. The maximum Gasteiger partial charge on any atom is 0.119 e. The second kappa shape index (κ2) is 5.40. The second-order valence-electron chi connectivity index (χ2n) is 7.86. The molecule has 1 aromatic carbocycles. The van der Waals surface area contributed by atoms with E-state index in [1.54, 1.807) is 0 Å². The fourth-order valence-electron chi connectivity index (χ4n) is 2.81. The molecule has 20 heavy (non-hydrogen) atoms. The minimum atomic E-state index is -0.130. The summed E-state index contributed by atoms with van der Waals surface area (Å²) in [5.74, 6) is 2.22. The lowest BCUT2D eigenvalue weighted by atomic mass is 9.57. The van der Waals surface area contributed by atoms with E-state index >= 15 is 0 Å². The van der Waals surface area contributed by atoms with Gasteiger partial charge in [-0.25, -0.2) is 0 Å². The van der Waals surface area contributed by atoms with Gasteiger partial charge in [-0.1, -0.05) is 46.8 Å². The largest absolute Gasteiger partial charge is 0.493 e. The number of rotatable bonds is 4. The fourth-order valence-corrected chi connectivity index (χ4v) is 2.81. The van der Waals surface area contributed by atoms with Gasteiger partial charge in [0.1, 0.15) is 5.75 Å². The van der Waals surface area contributed by atoms with E-state index in [-0.39, 0.29) is 5.54 Å². The highest BCUT2D eigenvalue weighted by atomic mass is 16.5. The standard InChI is InChI=1S/C18H29NO/c1-13(2)12-20-16-8-6-14(7-9-16)18(19)10-15(11-18)17(3,4)5/h6-9,13,15H,10-12,19H2,1-5H3. The van der Waals surface area contributed by atoms with Gasteiger partial charge in [0, 0.05) is 5.54 Å². The first-order chi connectivity index (χ1) is 9.21. The third kappa shape index (κ3) is 3.35. The van der Waals surface area contributed by atoms with Crippen LogP contribution in [0.25, 0.3) is 0 Å². The van der Waals surface area contributed by atoms with Crippen LogP contribution in [0.3, 0.4) is 0 Å². The van der Waals surface area contributed by atoms with Crippen molar-refractivity contribution in [2.24, 2.45) is 23.0 Å². The van der Waals surface area contributed by atoms with Gasteiger partial charge in [0.2, 0.25) is 0 Å². The van der Waals surface area contributed by atoms with Crippen LogP contribution in [0, 0.1) is 17.3 Å². The zero-order valence-electron chi connectivity index (χ0n) is 13.6. The Morgan fingerprint density at radius 2 is 1.75 bits per heavy atom. The van der Waals surface area contributed by atoms with E-state index < -0.39 is 0 Å². The highest BCUT2D eigenvalue weighted by Crippen LogP contribution is 2.51. The second-order valence-corrected chi connectivity index (χ2v) is 7.86. The van der Waals surface area contributed by atoms with Gasteiger partial charge < -0.3 is 10.5 Å². The molecular weight excluding hydrogens is 246 g/mol. The van der Waals surface area contributed by atoms with E-state index in [4.69, 9.17) is 10.5 Å². The maximum absolute atomic E-state index is 6.54. The van der Waals surface area contributed by atoms with Gasteiger partial charge in [-0.2, -0.15) is 0 Å². The molecule has 0 radical (unpaired) electrons. The summed E-state index contributed by atoms with van der Waals surface area (Å²) < 4.78 is 5.72. The summed E-state index contributed by atoms with van der Waals surface area (Å²) in [6.45, 7) is 12.0. The molecule has 2 nitrogen and oxygen atoms in total. The summed E-state index contributed by atoms with van der Waals surface area (Å²) in [7, 11) is 0. The Morgan fingerprint density at radius 3 is 2.20 bits per heavy atom. The van der Waals surface area contributed by atoms with Gasteiger partial charge in [-0.05, 0) is 47.8 Å². The summed E-state index contributed by atoms with van der Waals surface area (Å²) in [4.78, 5) is 0. The number of hydrogen-bond acceptors (Lipinski definition) is 2. The Labute approximate surface area is 123 Å². The van der Waals surface area contributed by atoms with Crippen molar-refractivity contribution < 1.29 is 4.74 Å². The summed E-state index contributed by atoms with van der Waals surface area (Å²) in [6.07, 6.45) is 2.17. The predicted octanol–water partition coefficient (Wildman–Crippen LogP) is 4.33. The molecule has 1 aliphatic carbocycles. The Kier molecular flexibility index (Phi) is 4.15. The van der Waals surface area contributed by atoms with Crippen LogP contribution in [0.15, 0.2) is 24.3 Å². The molecule has 0 bridgehead atoms. The fraction of sp³-hybridized carbons (Fsp3) is 0.667. The lowest BCUT2D eigenvalue weighted by Crippen LogP contribution is -2.52. The first kappa shape index (κ1) is 15.4. The molecule has 0 atom stereocenters. The Morgan fingerprint density at radius 1 is 1.20 bits per heavy atom. The molecule has 2 heteroatoms. The Hall–Kier alpha value is -1.02. The van der Waals surface area contributed by atoms with Crippen molar-refractivity contribution in [2.75, 3.05) is 6.61 Å². The zero-order valence-corrected chi connectivity index (χ0v) is 13.6. The molecule has 0 amide bonds. The molecule has 0 saturated heterocycles. The third-order valence-electron chi connectivity index (χ3n) is 4.46. The summed E-state index contributed by atoms with van der Waals surface area (Å²) in [5, 5.41) is 0. The van der Waals surface area contributed by atoms with Crippen LogP contribution >= 0.6 is 0 Å². The maximum atomic E-state index is 6.54. The Balaban J connectivity index is 1.97. The SMILES string of the molecule is CC(C)COc1ccc(C2(N)CC(C(C)(C)C)C2)cc1. The van der Waals surface area contributed by atoms with Gasteiger partial charge in [0.15, 0.2) is 0 Å². The summed E-state index contributed by atoms with van der Waals surface area (Å²) in [6, 6.07) is 8.37. The minimum absolute atomic E-state index is 0.130. The van der Waals surface area contributed by atoms with E-state index in [0.29, 0.717) is 11.3 Å². The van der Waals surface area contributed by atoms with Gasteiger partial charge in [-0.3, -0.25) is 0 Å². The number of nitrogens with two attached hydrogens (primary N) is 1. The van der Waals surface area contributed by atoms with E-state index in [0.717, 1.165) is 31.1 Å². The van der Waals surface area contributed by atoms with E-state index in [1.165, 1.54) is 5.56 Å². The van der Waals surface area contributed by atoms with Crippen molar-refractivity contribution in [2.45, 2.75) is 53.0 Å². The molecule has 1 fully saturated rings. The average Bonchev–Trinajstić information content (AvgIpc) is 2.32. The molecule has 0 spiro atoms. The van der Waals surface area contributed by atoms with Crippen molar-refractivity contribution in [3.05, 3.63) is 29.8 Å². The molecular formula is C18H29NO. The molecule has 2 N–H and O–H groups in total. The van der Waals surface area contributed by atoms with Crippen LogP contribution in [0.2, 0.25) is 0 Å². The van der Waals surface area contributed by atoms with Crippen molar-refractivity contribution >= 4 is 0 Å². The van der Waals surface area contributed by atoms with Crippen molar-refractivity contribution in [3.8, 4) is 5.75 Å². The molecule has 0 aromatic heterocycles. The number of hydrogen-bond donors (Lipinski definition) is 1. The van der Waals surface area contributed by atoms with Gasteiger partial charge >= 0.3 is 0 Å². The quantitative estimate of drug-likeness (QED) is 0.887. The third-order valence-corrected chi connectivity index (χ3v) is 4.46. The molecule has 0 heterocycles. The van der Waals surface area contributed by atoms with Crippen LogP contribution in [0.1, 0.15) is 53.0 Å². The van der Waals surface area contributed by atoms with E-state index in [2.05, 4.69) is 58.9 Å². The van der Waals surface area contributed by atoms with Crippen LogP contribution in [0.5, 0.6) is 5.75 Å². The zero-order chi connectivity index (χ0) is 15.0. The first-order valence-corrected chi connectivity index (χ1v) is 7.73. The number of benzene rings is 1. The highest BCUT2D eigenvalue weighted by molar-refractivity contribution is 5.33. The van der Waals surface area contributed by atoms with E-state index in [1.807, 2.05) is 0 Å². The lowest BCUT2D eigenvalue weighted by Gasteiger charge is -2.51. The molecule has 1 saturated carbocycles. The van der Waals surface area contributed by atoms with E-state index in [9.17, 15) is 0 Å². The lowest BCUT2D eigenvalue weighted by molar-refractivity contribution is 0.0489. The van der Waals surface area contributed by atoms with Crippen LogP contribution in [-0.2, 0) is 5.54 Å². The molecule has 112 valence electrons. The minimum Gasteiger partial charge on any atom is -0.493 e. The summed E-state index contributed by atoms with van der Waals surface area (Å²) >= 11 is 0. The molecule has 2 rings (SSSR count). The molecule has 1 aliphatic rings. The van der Waals surface area contributed by atoms with Crippen molar-refractivity contribution in [1.82, 2.24) is 0 Å². The summed E-state index contributed by atoms with van der Waals surface area (Å²) in [5.41, 5.74) is 8.02. The van der Waals surface area contributed by atoms with Crippen LogP contribution in [-0.4, -0.2) is 6.61 Å². The molecule has 1 aromatic rings. The topological polar surface area (TPSA) is 35.2 Å². The van der Waals surface area contributed by atoms with Crippen LogP contribution in [0.4, 0.5) is 0 Å². The monoisotopic (exact) mass is 275 g/mol. The highest BCUT2D eigenvalue weighted by Gasteiger charge is 2.46. The molecule has 0 aliphatic heterocycles. The van der Waals surface area contributed by atoms with Crippen LogP contribution < -0.4 is 10.5 Å². The average molecular weight is 275 g/mol. The van der Waals surface area contributed by atoms with Crippen molar-refractivity contribution in [1.29, 1.82) is 0 Å². The number of ether oxygens (including phenoxy) is 1. The van der Waals surface area contributed by atoms with Gasteiger partial charge in [-0.15, -0.1) is 0 Å². The van der Waals surface area contributed by atoms with Gasteiger partial charge in [0.25, 0.3) is 0 Å². The normalized spacial score (nSPS) is 26.4.